The summed E-state index contributed by atoms with van der Waals surface area (Å²) in [5.74, 6) is 2.41. The molecule has 3 N–H and O–H groups in total. The van der Waals surface area contributed by atoms with Crippen LogP contribution in [0.4, 0.5) is 11.6 Å². The van der Waals surface area contributed by atoms with Crippen molar-refractivity contribution >= 4 is 11.6 Å². The Bertz CT molecular complexity index is 547. The molecule has 1 aliphatic carbocycles. The Morgan fingerprint density at radius 2 is 2.16 bits per heavy atom. The Morgan fingerprint density at radius 3 is 2.95 bits per heavy atom. The molecule has 19 heavy (non-hydrogen) atoms. The molecule has 100 valence electrons. The minimum Gasteiger partial charge on any atom is -0.388 e. The van der Waals surface area contributed by atoms with E-state index in [2.05, 4.69) is 25.5 Å². The van der Waals surface area contributed by atoms with Crippen molar-refractivity contribution in [2.45, 2.75) is 38.2 Å². The van der Waals surface area contributed by atoms with Crippen LogP contribution in [0.25, 0.3) is 0 Å². The second-order valence-electron chi connectivity index (χ2n) is 4.83. The molecule has 3 rings (SSSR count). The Balaban J connectivity index is 1.72. The minimum absolute atomic E-state index is 0.163. The van der Waals surface area contributed by atoms with E-state index in [0.717, 1.165) is 5.82 Å². The predicted molar refractivity (Wildman–Crippen MR) is 71.0 cm³/mol. The molecule has 1 saturated carbocycles. The summed E-state index contributed by atoms with van der Waals surface area (Å²) in [7, 11) is 0. The summed E-state index contributed by atoms with van der Waals surface area (Å²) in [6, 6.07) is 3.79. The SMILES string of the molecule is OCc1nccc(Nc2cc(C3CCCC3)[nH]n2)n1. The van der Waals surface area contributed by atoms with Crippen LogP contribution in [-0.2, 0) is 6.61 Å². The highest BCUT2D eigenvalue weighted by Gasteiger charge is 2.19. The first-order valence-electron chi connectivity index (χ1n) is 6.60. The van der Waals surface area contributed by atoms with E-state index in [0.29, 0.717) is 17.6 Å². The number of nitrogens with one attached hydrogen (secondary N) is 2. The van der Waals surface area contributed by atoms with Gasteiger partial charge in [0, 0.05) is 23.9 Å². The highest BCUT2D eigenvalue weighted by molar-refractivity contribution is 5.51. The predicted octanol–water partition coefficient (Wildman–Crippen LogP) is 2.09. The number of hydrogen-bond acceptors (Lipinski definition) is 5. The van der Waals surface area contributed by atoms with Crippen molar-refractivity contribution < 1.29 is 5.11 Å². The number of aliphatic hydroxyl groups is 1. The van der Waals surface area contributed by atoms with Crippen molar-refractivity contribution in [1.29, 1.82) is 0 Å². The van der Waals surface area contributed by atoms with Crippen LogP contribution in [-0.4, -0.2) is 25.3 Å². The minimum atomic E-state index is -0.163. The van der Waals surface area contributed by atoms with Crippen LogP contribution < -0.4 is 5.32 Å². The van der Waals surface area contributed by atoms with Gasteiger partial charge in [0.15, 0.2) is 11.6 Å². The zero-order valence-electron chi connectivity index (χ0n) is 10.6. The van der Waals surface area contributed by atoms with Crippen LogP contribution in [0.1, 0.15) is 43.1 Å². The van der Waals surface area contributed by atoms with E-state index in [9.17, 15) is 0 Å². The van der Waals surface area contributed by atoms with Crippen LogP contribution in [0.2, 0.25) is 0 Å². The van der Waals surface area contributed by atoms with Crippen molar-refractivity contribution in [3.63, 3.8) is 0 Å². The van der Waals surface area contributed by atoms with Crippen LogP contribution in [0.3, 0.4) is 0 Å². The first-order chi connectivity index (χ1) is 9.35. The maximum absolute atomic E-state index is 9.00. The molecule has 2 aromatic rings. The van der Waals surface area contributed by atoms with Gasteiger partial charge in [-0.15, -0.1) is 0 Å². The number of aromatic nitrogens is 4. The highest BCUT2D eigenvalue weighted by atomic mass is 16.3. The fraction of sp³-hybridized carbons (Fsp3) is 0.462. The normalized spacial score (nSPS) is 15.8. The number of rotatable bonds is 4. The summed E-state index contributed by atoms with van der Waals surface area (Å²) >= 11 is 0. The third-order valence-corrected chi connectivity index (χ3v) is 3.50. The number of hydrogen-bond donors (Lipinski definition) is 3. The van der Waals surface area contributed by atoms with Crippen LogP contribution in [0.15, 0.2) is 18.3 Å². The lowest BCUT2D eigenvalue weighted by Crippen LogP contribution is -1.99. The van der Waals surface area contributed by atoms with Gasteiger partial charge in [-0.2, -0.15) is 5.10 Å². The van der Waals surface area contributed by atoms with E-state index < -0.39 is 0 Å². The summed E-state index contributed by atoms with van der Waals surface area (Å²) in [5, 5.41) is 19.5. The summed E-state index contributed by atoms with van der Waals surface area (Å²) in [6.45, 7) is -0.163. The lowest BCUT2D eigenvalue weighted by molar-refractivity contribution is 0.271. The van der Waals surface area contributed by atoms with Gasteiger partial charge in [-0.3, -0.25) is 5.10 Å². The zero-order chi connectivity index (χ0) is 13.1. The molecule has 0 unspecified atom stereocenters. The van der Waals surface area contributed by atoms with E-state index in [1.54, 1.807) is 12.3 Å². The molecule has 2 heterocycles. The van der Waals surface area contributed by atoms with Gasteiger partial charge < -0.3 is 10.4 Å². The van der Waals surface area contributed by atoms with E-state index in [1.807, 2.05) is 6.07 Å². The third kappa shape index (κ3) is 2.73. The highest BCUT2D eigenvalue weighted by Crippen LogP contribution is 2.33. The van der Waals surface area contributed by atoms with Crippen molar-refractivity contribution in [1.82, 2.24) is 20.2 Å². The molecule has 1 fully saturated rings. The molecule has 0 saturated heterocycles. The van der Waals surface area contributed by atoms with Gasteiger partial charge in [-0.25, -0.2) is 9.97 Å². The molecule has 0 aliphatic heterocycles. The smallest absolute Gasteiger partial charge is 0.156 e. The summed E-state index contributed by atoms with van der Waals surface area (Å²) in [6.07, 6.45) is 6.70. The fourth-order valence-electron chi connectivity index (χ4n) is 2.52. The standard InChI is InChI=1S/C13H17N5O/c19-8-13-14-6-5-11(16-13)15-12-7-10(17-18-12)9-3-1-2-4-9/h5-7,9,19H,1-4,8H2,(H2,14,15,16,17,18). The van der Waals surface area contributed by atoms with Gasteiger partial charge in [0.25, 0.3) is 0 Å². The largest absolute Gasteiger partial charge is 0.388 e. The van der Waals surface area contributed by atoms with Crippen molar-refractivity contribution in [3.05, 3.63) is 29.8 Å². The molecule has 2 aromatic heterocycles. The van der Waals surface area contributed by atoms with Gasteiger partial charge in [-0.1, -0.05) is 12.8 Å². The molecule has 0 atom stereocenters. The Morgan fingerprint density at radius 1 is 1.32 bits per heavy atom. The first kappa shape index (κ1) is 12.1. The van der Waals surface area contributed by atoms with Crippen LogP contribution in [0.5, 0.6) is 0 Å². The van der Waals surface area contributed by atoms with Gasteiger partial charge >= 0.3 is 0 Å². The van der Waals surface area contributed by atoms with Crippen molar-refractivity contribution in [2.24, 2.45) is 0 Å². The molecule has 0 aromatic carbocycles. The Hall–Kier alpha value is -1.95. The first-order valence-corrected chi connectivity index (χ1v) is 6.60. The summed E-state index contributed by atoms with van der Waals surface area (Å²) < 4.78 is 0. The van der Waals surface area contributed by atoms with Gasteiger partial charge in [-0.05, 0) is 18.9 Å². The molecule has 6 nitrogen and oxygen atoms in total. The van der Waals surface area contributed by atoms with E-state index in [1.165, 1.54) is 31.4 Å². The lowest BCUT2D eigenvalue weighted by atomic mass is 10.0. The molecular formula is C13H17N5O. The molecular weight excluding hydrogens is 242 g/mol. The number of anilines is 2. The molecule has 0 spiro atoms. The molecule has 0 amide bonds. The summed E-state index contributed by atoms with van der Waals surface area (Å²) in [5.41, 5.74) is 1.19. The lowest BCUT2D eigenvalue weighted by Gasteiger charge is -2.04. The maximum Gasteiger partial charge on any atom is 0.156 e. The van der Waals surface area contributed by atoms with Crippen molar-refractivity contribution in [2.75, 3.05) is 5.32 Å². The maximum atomic E-state index is 9.00. The van der Waals surface area contributed by atoms with Gasteiger partial charge in [0.1, 0.15) is 12.4 Å². The Kier molecular flexibility index (Phi) is 3.41. The van der Waals surface area contributed by atoms with E-state index >= 15 is 0 Å². The van der Waals surface area contributed by atoms with Crippen molar-refractivity contribution in [3.8, 4) is 0 Å². The van der Waals surface area contributed by atoms with E-state index in [-0.39, 0.29) is 6.61 Å². The second-order valence-corrected chi connectivity index (χ2v) is 4.83. The number of aromatic amines is 1. The monoisotopic (exact) mass is 259 g/mol. The fourth-order valence-corrected chi connectivity index (χ4v) is 2.52. The topological polar surface area (TPSA) is 86.7 Å². The molecule has 0 radical (unpaired) electrons. The zero-order valence-corrected chi connectivity index (χ0v) is 10.6. The number of H-pyrrole nitrogens is 1. The second kappa shape index (κ2) is 5.36. The van der Waals surface area contributed by atoms with Crippen LogP contribution in [0, 0.1) is 0 Å². The third-order valence-electron chi connectivity index (χ3n) is 3.50. The van der Waals surface area contributed by atoms with Crippen LogP contribution >= 0.6 is 0 Å². The molecule has 1 aliphatic rings. The molecule has 0 bridgehead atoms. The summed E-state index contributed by atoms with van der Waals surface area (Å²) in [4.78, 5) is 8.11. The average molecular weight is 259 g/mol. The molecule has 6 heteroatoms. The van der Waals surface area contributed by atoms with Gasteiger partial charge in [0.05, 0.1) is 0 Å². The average Bonchev–Trinajstić information content (AvgIpc) is 3.09. The number of nitrogens with zero attached hydrogens (tertiary/aromatic N) is 3. The number of aliphatic hydroxyl groups excluding tert-OH is 1. The Labute approximate surface area is 111 Å². The van der Waals surface area contributed by atoms with E-state index in [4.69, 9.17) is 5.11 Å². The van der Waals surface area contributed by atoms with Gasteiger partial charge in [0.2, 0.25) is 0 Å². The quantitative estimate of drug-likeness (QED) is 0.782.